The van der Waals surface area contributed by atoms with E-state index in [4.69, 9.17) is 14.2 Å². The quantitative estimate of drug-likeness (QED) is 0.853. The highest BCUT2D eigenvalue weighted by atomic mass is 16.5. The van der Waals surface area contributed by atoms with Crippen LogP contribution in [0.4, 0.5) is 0 Å². The Morgan fingerprint density at radius 2 is 1.57 bits per heavy atom. The monoisotopic (exact) mass is 315 g/mol. The van der Waals surface area contributed by atoms with Gasteiger partial charge in [-0.25, -0.2) is 0 Å². The summed E-state index contributed by atoms with van der Waals surface area (Å²) < 4.78 is 15.5. The molecule has 1 amide bonds. The summed E-state index contributed by atoms with van der Waals surface area (Å²) in [5.41, 5.74) is 1.62. The van der Waals surface area contributed by atoms with E-state index in [0.29, 0.717) is 23.6 Å². The number of hydrogen-bond acceptors (Lipinski definition) is 4. The van der Waals surface area contributed by atoms with Crippen molar-refractivity contribution in [2.45, 2.75) is 6.42 Å². The second-order valence-electron chi connectivity index (χ2n) is 4.92. The molecule has 0 aliphatic carbocycles. The molecular formula is C18H21NO4. The zero-order chi connectivity index (χ0) is 16.7. The Bertz CT molecular complexity index is 653. The normalized spacial score (nSPS) is 10.0. The van der Waals surface area contributed by atoms with Gasteiger partial charge in [0.25, 0.3) is 5.91 Å². The first-order chi connectivity index (χ1) is 11.2. The Kier molecular flexibility index (Phi) is 5.86. The summed E-state index contributed by atoms with van der Waals surface area (Å²) in [6, 6.07) is 12.9. The van der Waals surface area contributed by atoms with Crippen LogP contribution in [0.5, 0.6) is 17.2 Å². The minimum atomic E-state index is -0.169. The van der Waals surface area contributed by atoms with E-state index >= 15 is 0 Å². The lowest BCUT2D eigenvalue weighted by molar-refractivity contribution is 0.0951. The molecule has 0 bridgehead atoms. The summed E-state index contributed by atoms with van der Waals surface area (Å²) in [5, 5.41) is 2.90. The number of amides is 1. The number of carbonyl (C=O) groups excluding carboxylic acids is 1. The van der Waals surface area contributed by atoms with Gasteiger partial charge in [0, 0.05) is 12.6 Å². The average Bonchev–Trinajstić information content (AvgIpc) is 2.61. The van der Waals surface area contributed by atoms with E-state index in [9.17, 15) is 4.79 Å². The maximum absolute atomic E-state index is 12.3. The number of ether oxygens (including phenoxy) is 3. The first-order valence-corrected chi connectivity index (χ1v) is 7.31. The van der Waals surface area contributed by atoms with Gasteiger partial charge >= 0.3 is 0 Å². The summed E-state index contributed by atoms with van der Waals surface area (Å²) in [4.78, 5) is 12.3. The predicted octanol–water partition coefficient (Wildman–Crippen LogP) is 2.68. The lowest BCUT2D eigenvalue weighted by Gasteiger charge is -2.11. The van der Waals surface area contributed by atoms with Crippen LogP contribution in [-0.2, 0) is 6.42 Å². The Morgan fingerprint density at radius 1 is 0.913 bits per heavy atom. The molecule has 23 heavy (non-hydrogen) atoms. The maximum Gasteiger partial charge on any atom is 0.255 e. The van der Waals surface area contributed by atoms with Gasteiger partial charge in [0.15, 0.2) is 0 Å². The summed E-state index contributed by atoms with van der Waals surface area (Å²) in [6.07, 6.45) is 0.744. The molecular weight excluding hydrogens is 294 g/mol. The summed E-state index contributed by atoms with van der Waals surface area (Å²) in [6.45, 7) is 0.542. The van der Waals surface area contributed by atoms with Gasteiger partial charge in [-0.3, -0.25) is 4.79 Å². The molecule has 0 heterocycles. The smallest absolute Gasteiger partial charge is 0.255 e. The van der Waals surface area contributed by atoms with Crippen LogP contribution in [0.15, 0.2) is 42.5 Å². The molecule has 5 nitrogen and oxygen atoms in total. The minimum Gasteiger partial charge on any atom is -0.497 e. The number of benzene rings is 2. The van der Waals surface area contributed by atoms with Crippen molar-refractivity contribution in [2.75, 3.05) is 27.9 Å². The van der Waals surface area contributed by atoms with Crippen LogP contribution in [0, 0.1) is 0 Å². The molecule has 2 rings (SSSR count). The third kappa shape index (κ3) is 4.39. The second-order valence-corrected chi connectivity index (χ2v) is 4.92. The topological polar surface area (TPSA) is 56.8 Å². The molecule has 122 valence electrons. The van der Waals surface area contributed by atoms with E-state index in [2.05, 4.69) is 5.32 Å². The first-order valence-electron chi connectivity index (χ1n) is 7.31. The van der Waals surface area contributed by atoms with E-state index in [1.807, 2.05) is 24.3 Å². The van der Waals surface area contributed by atoms with Crippen molar-refractivity contribution in [1.29, 1.82) is 0 Å². The predicted molar refractivity (Wildman–Crippen MR) is 88.6 cm³/mol. The lowest BCUT2D eigenvalue weighted by Crippen LogP contribution is -2.26. The van der Waals surface area contributed by atoms with Crippen molar-refractivity contribution in [3.05, 3.63) is 53.6 Å². The van der Waals surface area contributed by atoms with Crippen LogP contribution >= 0.6 is 0 Å². The van der Waals surface area contributed by atoms with Gasteiger partial charge in [0.05, 0.1) is 26.9 Å². The third-order valence-corrected chi connectivity index (χ3v) is 3.51. The molecule has 0 spiro atoms. The second kappa shape index (κ2) is 8.08. The molecule has 2 aromatic rings. The Labute approximate surface area is 136 Å². The van der Waals surface area contributed by atoms with Crippen LogP contribution in [0.2, 0.25) is 0 Å². The highest BCUT2D eigenvalue weighted by Crippen LogP contribution is 2.24. The van der Waals surface area contributed by atoms with Gasteiger partial charge in [-0.15, -0.1) is 0 Å². The fourth-order valence-corrected chi connectivity index (χ4v) is 2.19. The van der Waals surface area contributed by atoms with Crippen LogP contribution in [0.25, 0.3) is 0 Å². The van der Waals surface area contributed by atoms with Crippen LogP contribution in [0.1, 0.15) is 15.9 Å². The summed E-state index contributed by atoms with van der Waals surface area (Å²) >= 11 is 0. The van der Waals surface area contributed by atoms with E-state index in [0.717, 1.165) is 17.7 Å². The third-order valence-electron chi connectivity index (χ3n) is 3.51. The van der Waals surface area contributed by atoms with Gasteiger partial charge in [-0.1, -0.05) is 12.1 Å². The molecule has 2 aromatic carbocycles. The van der Waals surface area contributed by atoms with Gasteiger partial charge < -0.3 is 19.5 Å². The molecule has 5 heteroatoms. The molecule has 0 saturated carbocycles. The molecule has 0 aliphatic rings. The van der Waals surface area contributed by atoms with Gasteiger partial charge in [0.1, 0.15) is 17.2 Å². The Balaban J connectivity index is 1.93. The minimum absolute atomic E-state index is 0.169. The summed E-state index contributed by atoms with van der Waals surface area (Å²) in [7, 11) is 4.74. The lowest BCUT2D eigenvalue weighted by atomic mass is 10.1. The zero-order valence-electron chi connectivity index (χ0n) is 13.6. The molecule has 1 N–H and O–H groups in total. The zero-order valence-corrected chi connectivity index (χ0v) is 13.6. The summed E-state index contributed by atoms with van der Waals surface area (Å²) in [5.74, 6) is 1.79. The number of nitrogens with one attached hydrogen (secondary N) is 1. The molecule has 0 aromatic heterocycles. The fraction of sp³-hybridized carbons (Fsp3) is 0.278. The number of rotatable bonds is 7. The average molecular weight is 315 g/mol. The van der Waals surface area contributed by atoms with Gasteiger partial charge in [-0.2, -0.15) is 0 Å². The molecule has 0 fully saturated rings. The number of carbonyl (C=O) groups is 1. The fourth-order valence-electron chi connectivity index (χ4n) is 2.19. The Morgan fingerprint density at radius 3 is 2.17 bits per heavy atom. The first kappa shape index (κ1) is 16.7. The molecule has 0 atom stereocenters. The van der Waals surface area contributed by atoms with Crippen LogP contribution in [-0.4, -0.2) is 33.8 Å². The molecule has 0 saturated heterocycles. The van der Waals surface area contributed by atoms with Crippen LogP contribution < -0.4 is 19.5 Å². The standard InChI is InChI=1S/C18H21NO4/c1-21-14-6-4-13(5-7-14)10-11-19-18(20)16-9-8-15(22-2)12-17(16)23-3/h4-9,12H,10-11H2,1-3H3,(H,19,20). The van der Waals surface area contributed by atoms with Crippen LogP contribution in [0.3, 0.4) is 0 Å². The maximum atomic E-state index is 12.3. The number of hydrogen-bond donors (Lipinski definition) is 1. The van der Waals surface area contributed by atoms with E-state index in [1.54, 1.807) is 32.4 Å². The highest BCUT2D eigenvalue weighted by molar-refractivity contribution is 5.97. The van der Waals surface area contributed by atoms with Crippen molar-refractivity contribution in [3.8, 4) is 17.2 Å². The molecule has 0 aliphatic heterocycles. The number of methoxy groups -OCH3 is 3. The van der Waals surface area contributed by atoms with Crippen molar-refractivity contribution in [1.82, 2.24) is 5.32 Å². The van der Waals surface area contributed by atoms with Gasteiger partial charge in [0.2, 0.25) is 0 Å². The Hall–Kier alpha value is -2.69. The van der Waals surface area contributed by atoms with E-state index in [-0.39, 0.29) is 5.91 Å². The van der Waals surface area contributed by atoms with Crippen molar-refractivity contribution >= 4 is 5.91 Å². The van der Waals surface area contributed by atoms with E-state index < -0.39 is 0 Å². The molecule has 0 radical (unpaired) electrons. The SMILES string of the molecule is COc1ccc(CCNC(=O)c2ccc(OC)cc2OC)cc1. The van der Waals surface area contributed by atoms with Crippen molar-refractivity contribution in [3.63, 3.8) is 0 Å². The molecule has 0 unspecified atom stereocenters. The van der Waals surface area contributed by atoms with Gasteiger partial charge in [-0.05, 0) is 36.2 Å². The van der Waals surface area contributed by atoms with Crippen molar-refractivity contribution in [2.24, 2.45) is 0 Å². The van der Waals surface area contributed by atoms with Crippen molar-refractivity contribution < 1.29 is 19.0 Å². The largest absolute Gasteiger partial charge is 0.497 e. The highest BCUT2D eigenvalue weighted by Gasteiger charge is 2.12. The van der Waals surface area contributed by atoms with E-state index in [1.165, 1.54) is 7.11 Å².